The molecule has 6 atom stereocenters. The van der Waals surface area contributed by atoms with Crippen LogP contribution < -0.4 is 0 Å². The second kappa shape index (κ2) is 13.8. The number of rotatable bonds is 14. The highest BCUT2D eigenvalue weighted by molar-refractivity contribution is 5.80. The molecule has 2 aliphatic carbocycles. The van der Waals surface area contributed by atoms with E-state index in [2.05, 4.69) is 13.2 Å². The molecule has 0 bridgehead atoms. The summed E-state index contributed by atoms with van der Waals surface area (Å²) >= 11 is 0. The van der Waals surface area contributed by atoms with Crippen molar-refractivity contribution in [3.8, 4) is 0 Å². The van der Waals surface area contributed by atoms with Crippen molar-refractivity contribution in [2.24, 2.45) is 34.5 Å². The van der Waals surface area contributed by atoms with Crippen LogP contribution in [0.15, 0.2) is 25.3 Å². The van der Waals surface area contributed by atoms with Crippen molar-refractivity contribution in [1.82, 2.24) is 0 Å². The molecule has 2 saturated carbocycles. The summed E-state index contributed by atoms with van der Waals surface area (Å²) in [5.74, 6) is -3.39. The van der Waals surface area contributed by atoms with Crippen molar-refractivity contribution in [2.75, 3.05) is 0 Å². The van der Waals surface area contributed by atoms with Crippen LogP contribution >= 0.6 is 0 Å². The van der Waals surface area contributed by atoms with Gasteiger partial charge in [0.15, 0.2) is 0 Å². The zero-order chi connectivity index (χ0) is 31.1. The largest absolute Gasteiger partial charge is 0.481 e. The Morgan fingerprint density at radius 2 is 1.05 bits per heavy atom. The third-order valence-corrected chi connectivity index (χ3v) is 8.27. The van der Waals surface area contributed by atoms with E-state index >= 15 is 0 Å². The van der Waals surface area contributed by atoms with Gasteiger partial charge in [-0.05, 0) is 63.2 Å². The zero-order valence-corrected chi connectivity index (χ0v) is 25.9. The van der Waals surface area contributed by atoms with Crippen LogP contribution in [0.25, 0.3) is 0 Å². The number of hydrogen-bond donors (Lipinski definition) is 2. The van der Waals surface area contributed by atoms with Gasteiger partial charge in [0.25, 0.3) is 0 Å². The normalized spacial score (nSPS) is 26.7. The average Bonchev–Trinajstić information content (AvgIpc) is 3.64. The molecular formula is C32H52O8. The Kier molecular flexibility index (Phi) is 12.2. The third-order valence-electron chi connectivity index (χ3n) is 8.27. The van der Waals surface area contributed by atoms with Crippen molar-refractivity contribution in [1.29, 1.82) is 0 Å². The summed E-state index contributed by atoms with van der Waals surface area (Å²) in [5, 5.41) is 18.4. The maximum atomic E-state index is 12.0. The lowest BCUT2D eigenvalue weighted by molar-refractivity contribution is -0.159. The molecule has 0 heterocycles. The number of carbonyl (C=O) groups is 4. The number of ether oxygens (including phenoxy) is 2. The van der Waals surface area contributed by atoms with Crippen LogP contribution in [0.1, 0.15) is 107 Å². The van der Waals surface area contributed by atoms with E-state index in [9.17, 15) is 29.4 Å². The summed E-state index contributed by atoms with van der Waals surface area (Å²) in [4.78, 5) is 46.4. The SMILES string of the molecule is C=CCC[C@@H]1C[C@@]1(C)OC(=O)C[C@H](C(=O)O)C(C)(C)C.C=CCC[C@H]1C[C@]1(C)OC(=O)C[C@H](C(=O)O)C(C)(C)C. The number of carboxylic acids is 2. The molecule has 228 valence electrons. The fourth-order valence-electron chi connectivity index (χ4n) is 5.03. The van der Waals surface area contributed by atoms with Crippen LogP contribution in [-0.2, 0) is 28.7 Å². The Morgan fingerprint density at radius 1 is 0.750 bits per heavy atom. The van der Waals surface area contributed by atoms with Crippen molar-refractivity contribution in [2.45, 2.75) is 118 Å². The lowest BCUT2D eigenvalue weighted by atomic mass is 9.79. The Balaban J connectivity index is 0.000000400. The molecule has 0 spiro atoms. The Morgan fingerprint density at radius 3 is 1.27 bits per heavy atom. The maximum Gasteiger partial charge on any atom is 0.307 e. The van der Waals surface area contributed by atoms with Gasteiger partial charge in [-0.3, -0.25) is 19.2 Å². The standard InChI is InChI=1S/2C16H26O4/c2*1-6-7-8-11-10-16(11,5)20-13(17)9-12(14(18)19)15(2,3)4/h2*6,11-12H,1,7-10H2,2-5H3,(H,18,19)/t11-,12+,16-;11-,12-,16-/m01/s1. The minimum atomic E-state index is -0.946. The van der Waals surface area contributed by atoms with Crippen LogP contribution in [0.4, 0.5) is 0 Å². The molecule has 0 saturated heterocycles. The second-order valence-corrected chi connectivity index (χ2v) is 14.0. The first-order valence-corrected chi connectivity index (χ1v) is 14.3. The quantitative estimate of drug-likeness (QED) is 0.174. The fourth-order valence-corrected chi connectivity index (χ4v) is 5.03. The molecule has 0 aromatic rings. The number of aliphatic carboxylic acids is 2. The van der Waals surface area contributed by atoms with Crippen LogP contribution in [0.5, 0.6) is 0 Å². The lowest BCUT2D eigenvalue weighted by Gasteiger charge is -2.26. The second-order valence-electron chi connectivity index (χ2n) is 14.0. The van der Waals surface area contributed by atoms with Gasteiger partial charge in [0.2, 0.25) is 0 Å². The molecule has 2 fully saturated rings. The predicted octanol–water partition coefficient (Wildman–Crippen LogP) is 6.82. The summed E-state index contributed by atoms with van der Waals surface area (Å²) in [5.41, 5.74) is -1.73. The lowest BCUT2D eigenvalue weighted by Crippen LogP contribution is -2.32. The first-order valence-electron chi connectivity index (χ1n) is 14.3. The van der Waals surface area contributed by atoms with Gasteiger partial charge in [-0.1, -0.05) is 53.7 Å². The predicted molar refractivity (Wildman–Crippen MR) is 154 cm³/mol. The highest BCUT2D eigenvalue weighted by Crippen LogP contribution is 2.50. The Labute approximate surface area is 240 Å². The number of carbonyl (C=O) groups excluding carboxylic acids is 2. The summed E-state index contributed by atoms with van der Waals surface area (Å²) in [6.45, 7) is 22.2. The molecule has 2 N–H and O–H groups in total. The Bertz CT molecular complexity index is 864. The zero-order valence-electron chi connectivity index (χ0n) is 25.9. The molecule has 0 radical (unpaired) electrons. The number of hydrogen-bond acceptors (Lipinski definition) is 6. The van der Waals surface area contributed by atoms with Crippen molar-refractivity contribution < 1.29 is 38.9 Å². The fraction of sp³-hybridized carbons (Fsp3) is 0.750. The van der Waals surface area contributed by atoms with E-state index in [1.807, 2.05) is 67.5 Å². The molecule has 2 rings (SSSR count). The Hall–Kier alpha value is -2.64. The van der Waals surface area contributed by atoms with E-state index in [4.69, 9.17) is 9.47 Å². The molecule has 2 aliphatic rings. The highest BCUT2D eigenvalue weighted by Gasteiger charge is 2.54. The van der Waals surface area contributed by atoms with Gasteiger partial charge in [0.05, 0.1) is 24.7 Å². The summed E-state index contributed by atoms with van der Waals surface area (Å²) < 4.78 is 11.0. The summed E-state index contributed by atoms with van der Waals surface area (Å²) in [6, 6.07) is 0. The molecule has 0 amide bonds. The van der Waals surface area contributed by atoms with Crippen LogP contribution in [0.2, 0.25) is 0 Å². The van der Waals surface area contributed by atoms with Crippen molar-refractivity contribution in [3.05, 3.63) is 25.3 Å². The third kappa shape index (κ3) is 11.1. The molecule has 0 aliphatic heterocycles. The first-order chi connectivity index (χ1) is 18.2. The van der Waals surface area contributed by atoms with Crippen molar-refractivity contribution in [3.63, 3.8) is 0 Å². The topological polar surface area (TPSA) is 127 Å². The van der Waals surface area contributed by atoms with Gasteiger partial charge in [-0.2, -0.15) is 0 Å². The van der Waals surface area contributed by atoms with Gasteiger partial charge in [0.1, 0.15) is 11.2 Å². The first kappa shape index (κ1) is 35.4. The van der Waals surface area contributed by atoms with Gasteiger partial charge in [0, 0.05) is 11.8 Å². The van der Waals surface area contributed by atoms with E-state index in [-0.39, 0.29) is 12.8 Å². The number of allylic oxidation sites excluding steroid dienone is 2. The molecular weight excluding hydrogens is 512 g/mol. The highest BCUT2D eigenvalue weighted by atomic mass is 16.6. The summed E-state index contributed by atoms with van der Waals surface area (Å²) in [6.07, 6.45) is 9.07. The van der Waals surface area contributed by atoms with Crippen molar-refractivity contribution >= 4 is 23.9 Å². The van der Waals surface area contributed by atoms with Gasteiger partial charge in [-0.15, -0.1) is 13.2 Å². The molecule has 0 aromatic carbocycles. The number of carboxylic acid groups (broad SMARTS) is 2. The molecule has 0 aromatic heterocycles. The molecule has 8 nitrogen and oxygen atoms in total. The van der Waals surface area contributed by atoms with Gasteiger partial charge < -0.3 is 19.7 Å². The van der Waals surface area contributed by atoms with Gasteiger partial charge >= 0.3 is 23.9 Å². The van der Waals surface area contributed by atoms with E-state index < -0.39 is 57.7 Å². The molecule has 0 unspecified atom stereocenters. The average molecular weight is 565 g/mol. The van der Waals surface area contributed by atoms with E-state index in [0.717, 1.165) is 38.5 Å². The smallest absolute Gasteiger partial charge is 0.307 e. The molecule has 40 heavy (non-hydrogen) atoms. The minimum absolute atomic E-state index is 0.0669. The van der Waals surface area contributed by atoms with E-state index in [1.165, 1.54) is 0 Å². The van der Waals surface area contributed by atoms with E-state index in [0.29, 0.717) is 11.8 Å². The summed E-state index contributed by atoms with van der Waals surface area (Å²) in [7, 11) is 0. The minimum Gasteiger partial charge on any atom is -0.481 e. The maximum absolute atomic E-state index is 12.0. The van der Waals surface area contributed by atoms with Crippen LogP contribution in [0, 0.1) is 34.5 Å². The monoisotopic (exact) mass is 564 g/mol. The molecule has 8 heteroatoms. The van der Waals surface area contributed by atoms with Crippen LogP contribution in [0.3, 0.4) is 0 Å². The van der Waals surface area contributed by atoms with E-state index in [1.54, 1.807) is 0 Å². The number of esters is 2. The van der Waals surface area contributed by atoms with Gasteiger partial charge in [-0.25, -0.2) is 0 Å². The van der Waals surface area contributed by atoms with Crippen LogP contribution in [-0.4, -0.2) is 45.3 Å².